The Morgan fingerprint density at radius 3 is 2.58 bits per heavy atom. The molecule has 2 fully saturated rings. The molecule has 2 saturated heterocycles. The molecule has 0 spiro atoms. The van der Waals surface area contributed by atoms with E-state index in [2.05, 4.69) is 30.1 Å². The molecule has 5 rings (SSSR count). The highest BCUT2D eigenvalue weighted by Crippen LogP contribution is 2.36. The van der Waals surface area contributed by atoms with E-state index < -0.39 is 5.91 Å². The Morgan fingerprint density at radius 1 is 1.12 bits per heavy atom. The number of nitrogens with one attached hydrogen (secondary N) is 1. The summed E-state index contributed by atoms with van der Waals surface area (Å²) in [7, 11) is 0. The molecule has 0 saturated carbocycles. The topological polar surface area (TPSA) is 121 Å². The van der Waals surface area contributed by atoms with Crippen LogP contribution in [0.5, 0.6) is 0 Å². The van der Waals surface area contributed by atoms with E-state index in [4.69, 9.17) is 9.84 Å². The predicted molar refractivity (Wildman–Crippen MR) is 90.0 cm³/mol. The molecule has 10 heteroatoms. The van der Waals surface area contributed by atoms with Gasteiger partial charge in [-0.05, 0) is 34.9 Å². The van der Waals surface area contributed by atoms with Gasteiger partial charge < -0.3 is 9.80 Å². The van der Waals surface area contributed by atoms with E-state index in [1.165, 1.54) is 12.4 Å². The summed E-state index contributed by atoms with van der Waals surface area (Å²) < 4.78 is 4.77. The number of hydrogen-bond acceptors (Lipinski definition) is 9. The molecular weight excluding hydrogens is 338 g/mol. The Kier molecular flexibility index (Phi) is 3.25. The lowest BCUT2D eigenvalue weighted by atomic mass is 10.2. The third-order valence-electron chi connectivity index (χ3n) is 5.07. The van der Waals surface area contributed by atoms with Crippen LogP contribution in [0.15, 0.2) is 35.2 Å². The van der Waals surface area contributed by atoms with Crippen LogP contribution >= 0.6 is 0 Å². The second-order valence-electron chi connectivity index (χ2n) is 6.50. The van der Waals surface area contributed by atoms with E-state index in [9.17, 15) is 4.79 Å². The number of amides is 1. The molecule has 0 unspecified atom stereocenters. The van der Waals surface area contributed by atoms with Crippen LogP contribution in [-0.4, -0.2) is 56.6 Å². The molecule has 26 heavy (non-hydrogen) atoms. The van der Waals surface area contributed by atoms with Crippen molar-refractivity contribution in [1.29, 1.82) is 0 Å². The molecule has 2 atom stereocenters. The van der Waals surface area contributed by atoms with Gasteiger partial charge in [0, 0.05) is 37.2 Å². The van der Waals surface area contributed by atoms with Gasteiger partial charge in [-0.1, -0.05) is 0 Å². The zero-order valence-corrected chi connectivity index (χ0v) is 13.6. The summed E-state index contributed by atoms with van der Waals surface area (Å²) in [6.45, 7) is 1.68. The number of carbonyl (C=O) groups is 1. The van der Waals surface area contributed by atoms with Crippen LogP contribution < -0.4 is 15.3 Å². The lowest BCUT2D eigenvalue weighted by molar-refractivity contribution is 0.0705. The second-order valence-corrected chi connectivity index (χ2v) is 6.50. The van der Waals surface area contributed by atoms with Crippen molar-refractivity contribution in [3.63, 3.8) is 0 Å². The summed E-state index contributed by atoms with van der Waals surface area (Å²) in [4.78, 5) is 24.4. The van der Waals surface area contributed by atoms with Crippen molar-refractivity contribution in [3.8, 4) is 0 Å². The van der Waals surface area contributed by atoms with Gasteiger partial charge in [-0.3, -0.25) is 10.0 Å². The minimum atomic E-state index is -0.622. The van der Waals surface area contributed by atoms with Crippen LogP contribution in [0.3, 0.4) is 0 Å². The van der Waals surface area contributed by atoms with Crippen molar-refractivity contribution in [3.05, 3.63) is 36.2 Å². The van der Waals surface area contributed by atoms with Crippen molar-refractivity contribution in [2.75, 3.05) is 22.9 Å². The Balaban J connectivity index is 1.34. The normalized spacial score (nSPS) is 21.6. The lowest BCUT2D eigenvalue weighted by Crippen LogP contribution is -2.47. The van der Waals surface area contributed by atoms with Gasteiger partial charge in [-0.15, -0.1) is 0 Å². The fourth-order valence-corrected chi connectivity index (χ4v) is 3.83. The molecule has 0 radical (unpaired) electrons. The maximum Gasteiger partial charge on any atom is 0.277 e. The highest BCUT2D eigenvalue weighted by molar-refractivity contribution is 5.92. The highest BCUT2D eigenvalue weighted by atomic mass is 16.6. The first-order valence-corrected chi connectivity index (χ1v) is 8.25. The van der Waals surface area contributed by atoms with Gasteiger partial charge >= 0.3 is 0 Å². The molecule has 2 bridgehead atoms. The van der Waals surface area contributed by atoms with Gasteiger partial charge in [0.15, 0.2) is 0 Å². The van der Waals surface area contributed by atoms with Gasteiger partial charge in [-0.2, -0.15) is 0 Å². The molecule has 3 aromatic rings. The Bertz CT molecular complexity index is 973. The van der Waals surface area contributed by atoms with Crippen molar-refractivity contribution >= 4 is 28.6 Å². The molecule has 132 valence electrons. The van der Waals surface area contributed by atoms with Crippen LogP contribution in [0.25, 0.3) is 11.0 Å². The van der Waals surface area contributed by atoms with Crippen LogP contribution in [0.2, 0.25) is 0 Å². The number of aromatic nitrogens is 4. The molecule has 2 aliphatic heterocycles. The van der Waals surface area contributed by atoms with E-state index >= 15 is 0 Å². The van der Waals surface area contributed by atoms with E-state index in [0.29, 0.717) is 18.0 Å². The smallest absolute Gasteiger partial charge is 0.277 e. The lowest BCUT2D eigenvalue weighted by Gasteiger charge is -2.35. The Hall–Kier alpha value is -3.27. The summed E-state index contributed by atoms with van der Waals surface area (Å²) in [6, 6.07) is 6.62. The maximum absolute atomic E-state index is 11.4. The highest BCUT2D eigenvalue weighted by Gasteiger charge is 2.44. The zero-order valence-electron chi connectivity index (χ0n) is 13.6. The second kappa shape index (κ2) is 5.63. The Morgan fingerprint density at radius 2 is 1.85 bits per heavy atom. The van der Waals surface area contributed by atoms with Crippen molar-refractivity contribution < 1.29 is 14.6 Å². The van der Waals surface area contributed by atoms with Gasteiger partial charge in [0.05, 0.1) is 11.6 Å². The van der Waals surface area contributed by atoms with Crippen LogP contribution in [0, 0.1) is 0 Å². The van der Waals surface area contributed by atoms with E-state index in [-0.39, 0.29) is 5.56 Å². The average molecular weight is 353 g/mol. The zero-order chi connectivity index (χ0) is 17.7. The molecule has 2 aromatic heterocycles. The number of benzene rings is 1. The monoisotopic (exact) mass is 353 g/mol. The minimum absolute atomic E-state index is 0.219. The van der Waals surface area contributed by atoms with E-state index in [1.807, 2.05) is 18.2 Å². The summed E-state index contributed by atoms with van der Waals surface area (Å²) in [6.07, 6.45) is 3.86. The van der Waals surface area contributed by atoms with Gasteiger partial charge in [0.2, 0.25) is 5.95 Å². The third kappa shape index (κ3) is 2.26. The summed E-state index contributed by atoms with van der Waals surface area (Å²) >= 11 is 0. The van der Waals surface area contributed by atoms with Crippen LogP contribution in [0.4, 0.5) is 11.6 Å². The number of fused-ring (bicyclic) bond motifs is 3. The Labute approximate surface area is 147 Å². The average Bonchev–Trinajstić information content (AvgIpc) is 3.41. The summed E-state index contributed by atoms with van der Waals surface area (Å²) in [5.41, 5.74) is 4.41. The fraction of sp³-hybridized carbons (Fsp3) is 0.312. The number of hydroxylamine groups is 1. The first kappa shape index (κ1) is 15.0. The van der Waals surface area contributed by atoms with Gasteiger partial charge in [0.25, 0.3) is 5.91 Å². The molecule has 2 aliphatic rings. The third-order valence-corrected chi connectivity index (χ3v) is 5.07. The van der Waals surface area contributed by atoms with Crippen molar-refractivity contribution in [2.45, 2.75) is 18.5 Å². The number of hydrogen-bond donors (Lipinski definition) is 2. The van der Waals surface area contributed by atoms with Gasteiger partial charge in [0.1, 0.15) is 11.0 Å². The van der Waals surface area contributed by atoms with Gasteiger partial charge in [-0.25, -0.2) is 20.1 Å². The quantitative estimate of drug-likeness (QED) is 0.515. The first-order valence-electron chi connectivity index (χ1n) is 8.25. The molecular formula is C16H15N7O3. The molecule has 1 amide bonds. The molecule has 4 heterocycles. The summed E-state index contributed by atoms with van der Waals surface area (Å²) in [5.74, 6) is -0.0220. The summed E-state index contributed by atoms with van der Waals surface area (Å²) in [5, 5.41) is 16.4. The number of rotatable bonds is 3. The molecule has 10 nitrogen and oxygen atoms in total. The SMILES string of the molecule is O=C(NO)c1cnc(N2C[C@@H]3C[C@@H]2CN3c2ccc3nonc3c2)nc1. The van der Waals surface area contributed by atoms with E-state index in [1.54, 1.807) is 5.48 Å². The van der Waals surface area contributed by atoms with Crippen molar-refractivity contribution in [1.82, 2.24) is 25.8 Å². The fourth-order valence-electron chi connectivity index (χ4n) is 3.83. The first-order chi connectivity index (χ1) is 12.7. The molecule has 1 aromatic carbocycles. The molecule has 2 N–H and O–H groups in total. The molecule has 0 aliphatic carbocycles. The van der Waals surface area contributed by atoms with Crippen LogP contribution in [-0.2, 0) is 0 Å². The minimum Gasteiger partial charge on any atom is -0.365 e. The predicted octanol–water partition coefficient (Wildman–Crippen LogP) is 0.599. The number of anilines is 2. The van der Waals surface area contributed by atoms with Crippen LogP contribution in [0.1, 0.15) is 16.8 Å². The number of piperazine rings is 1. The standard InChI is InChI=1S/C16H15N7O3/c24-15(19-25)9-5-17-16(18-6-9)23-8-11-3-12(23)7-22(11)10-1-2-13-14(4-10)21-26-20-13/h1-2,4-6,11-12,25H,3,7-8H2,(H,19,24)/t11-,12+/m0/s1. The van der Waals surface area contributed by atoms with Crippen molar-refractivity contribution in [2.24, 2.45) is 0 Å². The number of nitrogens with zero attached hydrogens (tertiary/aromatic N) is 6. The largest absolute Gasteiger partial charge is 0.365 e. The van der Waals surface area contributed by atoms with E-state index in [0.717, 1.165) is 36.2 Å². The maximum atomic E-state index is 11.4. The number of carbonyl (C=O) groups excluding carboxylic acids is 1.